The molecule has 0 fully saturated rings. The number of hydrogen-bond donors (Lipinski definition) is 0. The molecule has 0 N–H and O–H groups in total. The molecule has 0 aliphatic rings. The van der Waals surface area contributed by atoms with Gasteiger partial charge in [-0.3, -0.25) is 57.5 Å². The summed E-state index contributed by atoms with van der Waals surface area (Å²) in [7, 11) is 20.7. The molecule has 82 heavy (non-hydrogen) atoms. The number of carbonyl (C=O) groups is 12. The van der Waals surface area contributed by atoms with Crippen LogP contribution in [0.2, 0.25) is 0 Å². The third kappa shape index (κ3) is 1130. The van der Waals surface area contributed by atoms with E-state index in [2.05, 4.69) is 0 Å². The van der Waals surface area contributed by atoms with Gasteiger partial charge in [0.1, 0.15) is 0 Å². The van der Waals surface area contributed by atoms with Crippen LogP contribution in [0.5, 0.6) is 0 Å². The number of amides is 12. The monoisotopic (exact) mass is 1390 g/mol. The molecule has 0 saturated carbocycles. The van der Waals surface area contributed by atoms with E-state index in [1.54, 1.807) is 169 Å². The Bertz CT molecular complexity index is 996. The first-order valence-electron chi connectivity index (χ1n) is 19.1. The van der Waals surface area contributed by atoms with Crippen LogP contribution in [0.15, 0.2) is 0 Å². The molecular weight excluding hydrogens is 1310 g/mol. The van der Waals surface area contributed by atoms with Gasteiger partial charge in [0.05, 0.1) is 0 Å². The summed E-state index contributed by atoms with van der Waals surface area (Å²) in [6, 6.07) is 0. The molecule has 0 aliphatic heterocycles. The van der Waals surface area contributed by atoms with Gasteiger partial charge in [0.15, 0.2) is 0 Å². The Kier molecular flexibility index (Phi) is 149. The van der Waals surface area contributed by atoms with Gasteiger partial charge in [0, 0.05) is 169 Å². The first kappa shape index (κ1) is 128. The minimum absolute atomic E-state index is 0. The molecule has 0 aromatic carbocycles. The Hall–Kier alpha value is -4.85. The Labute approximate surface area is 508 Å². The molecule has 0 radical (unpaired) electrons. The number of halogens is 4. The SMILES string of the molecule is CN(C)C=O.CN(C)C=O.CN(C)C=O.CN(C)C=O.CN(C)C=O.CN(C)C=O.CN(C)C=O.CN(C)C=O.CN(C)C=O.CN(C)C=O.CN(C)C=O.CN(C)C=O.[Ni+2].[Ni+2].[O-][Cl+3]([O-])([O-])[O-].[O-][Cl+3]([O-])([O-])[O-].[O-][Cl+3]([O-])([O-])[O-].[O-][Cl+3]([O-])([O-])[O-]. The van der Waals surface area contributed by atoms with Gasteiger partial charge >= 0.3 is 33.0 Å². The normalized spacial score (nSPS) is 7.90. The van der Waals surface area contributed by atoms with E-state index in [0.717, 1.165) is 76.9 Å². The average molecular weight is 1390 g/mol. The van der Waals surface area contributed by atoms with E-state index in [1.807, 2.05) is 0 Å². The van der Waals surface area contributed by atoms with E-state index in [4.69, 9.17) is 74.5 Å². The molecule has 0 spiro atoms. The molecule has 0 heterocycles. The van der Waals surface area contributed by atoms with E-state index in [9.17, 15) is 57.5 Å². The summed E-state index contributed by atoms with van der Waals surface area (Å²) in [6.07, 6.45) is 9.00. The zero-order valence-electron chi connectivity index (χ0n) is 49.9. The third-order valence-corrected chi connectivity index (χ3v) is 2.53. The van der Waals surface area contributed by atoms with Crippen LogP contribution in [0.4, 0.5) is 0 Å². The largest absolute Gasteiger partial charge is 2.00 e. The van der Waals surface area contributed by atoms with E-state index >= 15 is 0 Å². The number of rotatable bonds is 12. The fourth-order valence-electron chi connectivity index (χ4n) is 0. The second kappa shape index (κ2) is 95.4. The maximum absolute atomic E-state index is 9.43. The van der Waals surface area contributed by atoms with E-state index in [0.29, 0.717) is 0 Å². The van der Waals surface area contributed by atoms with Gasteiger partial charge in [-0.1, -0.05) is 0 Å². The molecule has 46 heteroatoms. The molecular formula is C36H84Cl4N12Ni2O28. The molecule has 504 valence electrons. The van der Waals surface area contributed by atoms with Crippen molar-refractivity contribution in [3.05, 3.63) is 0 Å². The number of nitrogens with zero attached hydrogens (tertiary/aromatic N) is 12. The minimum Gasteiger partial charge on any atom is -0.351 e. The van der Waals surface area contributed by atoms with Gasteiger partial charge < -0.3 is 58.8 Å². The summed E-state index contributed by atoms with van der Waals surface area (Å²) in [4.78, 5) is 130. The van der Waals surface area contributed by atoms with Gasteiger partial charge in [0.25, 0.3) is 0 Å². The van der Waals surface area contributed by atoms with Crippen molar-refractivity contribution in [2.24, 2.45) is 0 Å². The molecule has 0 saturated heterocycles. The molecule has 0 aromatic rings. The summed E-state index contributed by atoms with van der Waals surface area (Å²) in [5.74, 6) is 0. The van der Waals surface area contributed by atoms with Gasteiger partial charge in [0.2, 0.25) is 76.9 Å². The van der Waals surface area contributed by atoms with Gasteiger partial charge in [-0.15, -0.1) is 41.0 Å². The molecule has 0 aliphatic carbocycles. The van der Waals surface area contributed by atoms with Crippen LogP contribution >= 0.6 is 0 Å². The maximum atomic E-state index is 9.43. The van der Waals surface area contributed by atoms with Crippen molar-refractivity contribution in [1.29, 1.82) is 0 Å². The van der Waals surface area contributed by atoms with Gasteiger partial charge in [-0.2, -0.15) is 0 Å². The van der Waals surface area contributed by atoms with Crippen molar-refractivity contribution >= 4 is 76.9 Å². The zero-order chi connectivity index (χ0) is 69.4. The van der Waals surface area contributed by atoms with Crippen LogP contribution in [0.25, 0.3) is 0 Å². The van der Waals surface area contributed by atoms with Crippen molar-refractivity contribution in [2.45, 2.75) is 0 Å². The fourth-order valence-corrected chi connectivity index (χ4v) is 0. The van der Waals surface area contributed by atoms with Crippen molar-refractivity contribution in [2.75, 3.05) is 169 Å². The van der Waals surface area contributed by atoms with Crippen molar-refractivity contribution in [3.8, 4) is 0 Å². The maximum Gasteiger partial charge on any atom is 2.00 e. The number of hydrogen-bond acceptors (Lipinski definition) is 28. The Morgan fingerprint density at radius 1 is 0.159 bits per heavy atom. The van der Waals surface area contributed by atoms with Crippen molar-refractivity contribution < 1.29 is 206 Å². The molecule has 0 unspecified atom stereocenters. The topological polar surface area (TPSA) is 613 Å². The van der Waals surface area contributed by atoms with E-state index in [-0.39, 0.29) is 33.0 Å². The first-order valence-corrected chi connectivity index (χ1v) is 24.1. The first-order chi connectivity index (χ1) is 35.2. The van der Waals surface area contributed by atoms with Crippen LogP contribution in [0, 0.1) is 41.0 Å². The van der Waals surface area contributed by atoms with Crippen molar-refractivity contribution in [1.82, 2.24) is 58.8 Å². The second-order valence-electron chi connectivity index (χ2n) is 14.3. The minimum atomic E-state index is -4.94. The van der Waals surface area contributed by atoms with Crippen LogP contribution in [0.1, 0.15) is 0 Å². The Morgan fingerprint density at radius 2 is 0.171 bits per heavy atom. The Balaban J connectivity index is -0.0000000332. The predicted octanol–water partition coefficient (Wildman–Crippen LogP) is -22.6. The Morgan fingerprint density at radius 3 is 0.171 bits per heavy atom. The molecule has 40 nitrogen and oxygen atoms in total. The van der Waals surface area contributed by atoms with Gasteiger partial charge in [-0.25, -0.2) is 74.5 Å². The van der Waals surface area contributed by atoms with Gasteiger partial charge in [-0.05, 0) is 0 Å². The summed E-state index contributed by atoms with van der Waals surface area (Å²) >= 11 is 0. The smallest absolute Gasteiger partial charge is 0.351 e. The standard InChI is InChI=1S/12C3H7NO.4ClHO4.2Ni/c12*1-4(2)3-5;4*2-1(3,4)5;;/h12*3H,1-2H3;4*(H,2,3,4,5);;/q;;;;;;;;;;;;;;;;2*+2/p-4. The summed E-state index contributed by atoms with van der Waals surface area (Å²) < 4.78 is 136. The van der Waals surface area contributed by atoms with Crippen LogP contribution < -0.4 is 74.5 Å². The second-order valence-corrected chi connectivity index (χ2v) is 17.4. The zero-order valence-corrected chi connectivity index (χ0v) is 54.9. The van der Waals surface area contributed by atoms with E-state index < -0.39 is 41.0 Å². The molecule has 0 atom stereocenters. The fraction of sp³-hybridized carbons (Fsp3) is 0.667. The molecule has 0 bridgehead atoms. The molecule has 12 amide bonds. The molecule has 0 rings (SSSR count). The van der Waals surface area contributed by atoms with Crippen LogP contribution in [0.3, 0.4) is 0 Å². The van der Waals surface area contributed by atoms with Crippen LogP contribution in [-0.2, 0) is 90.5 Å². The quantitative estimate of drug-likeness (QED) is 0.129. The summed E-state index contributed by atoms with van der Waals surface area (Å²) in [5.41, 5.74) is 0. The molecule has 0 aromatic heterocycles. The van der Waals surface area contributed by atoms with Crippen molar-refractivity contribution in [3.63, 3.8) is 0 Å². The summed E-state index contributed by atoms with van der Waals surface area (Å²) in [6.45, 7) is 0. The van der Waals surface area contributed by atoms with E-state index in [1.165, 1.54) is 58.8 Å². The predicted molar refractivity (Wildman–Crippen MR) is 237 cm³/mol. The number of carbonyl (C=O) groups excluding carboxylic acids is 12. The average Bonchev–Trinajstić information content (AvgIpc) is 3.28. The van der Waals surface area contributed by atoms with Crippen LogP contribution in [-0.4, -0.2) is 305 Å². The third-order valence-electron chi connectivity index (χ3n) is 2.53. The summed E-state index contributed by atoms with van der Waals surface area (Å²) in [5, 5.41) is 0.